The van der Waals surface area contributed by atoms with E-state index in [0.29, 0.717) is 64.7 Å². The first-order chi connectivity index (χ1) is 24.4. The van der Waals surface area contributed by atoms with Gasteiger partial charge in [0.15, 0.2) is 6.29 Å². The highest BCUT2D eigenvalue weighted by atomic mass is 35.5. The molecule has 1 unspecified atom stereocenters. The smallest absolute Gasteiger partial charge is 0.352 e. The van der Waals surface area contributed by atoms with Crippen LogP contribution in [0.3, 0.4) is 0 Å². The molecular weight excluding hydrogens is 670 g/mol. The normalized spacial score (nSPS) is 15.2. The number of aliphatic hydroxyl groups is 1. The van der Waals surface area contributed by atoms with E-state index in [1.165, 1.54) is 10.4 Å². The highest BCUT2D eigenvalue weighted by Crippen LogP contribution is 2.41. The van der Waals surface area contributed by atoms with Gasteiger partial charge in [-0.25, -0.2) is 4.79 Å². The lowest BCUT2D eigenvalue weighted by molar-refractivity contribution is -0.169. The van der Waals surface area contributed by atoms with Crippen LogP contribution in [0.15, 0.2) is 72.8 Å². The first-order valence-electron chi connectivity index (χ1n) is 17.6. The van der Waals surface area contributed by atoms with Crippen LogP contribution in [0, 0.1) is 0 Å². The molecule has 3 N–H and O–H groups in total. The van der Waals surface area contributed by atoms with Crippen molar-refractivity contribution in [3.8, 4) is 11.1 Å². The van der Waals surface area contributed by atoms with Gasteiger partial charge in [-0.3, -0.25) is 4.68 Å². The van der Waals surface area contributed by atoms with E-state index >= 15 is 0 Å². The maximum absolute atomic E-state index is 12.7. The molecule has 50 heavy (non-hydrogen) atoms. The van der Waals surface area contributed by atoms with E-state index in [-0.39, 0.29) is 25.2 Å². The fourth-order valence-corrected chi connectivity index (χ4v) is 11.7. The maximum Gasteiger partial charge on any atom is 0.352 e. The first-order valence-corrected chi connectivity index (χ1v) is 20.1. The topological polar surface area (TPSA) is 119 Å². The zero-order valence-corrected chi connectivity index (χ0v) is 30.5. The highest BCUT2D eigenvalue weighted by Gasteiger charge is 2.39. The van der Waals surface area contributed by atoms with Crippen LogP contribution in [0.25, 0.3) is 22.0 Å². The predicted octanol–water partition coefficient (Wildman–Crippen LogP) is 6.96. The second-order valence-electron chi connectivity index (χ2n) is 12.9. The van der Waals surface area contributed by atoms with Crippen molar-refractivity contribution >= 4 is 47.2 Å². The molecule has 0 spiro atoms. The van der Waals surface area contributed by atoms with Crippen LogP contribution in [0.2, 0.25) is 11.1 Å². The molecule has 0 radical (unpaired) electrons. The van der Waals surface area contributed by atoms with Gasteiger partial charge in [0, 0.05) is 36.8 Å². The van der Waals surface area contributed by atoms with Gasteiger partial charge in [0.25, 0.3) is 8.32 Å². The third kappa shape index (κ3) is 7.46. The molecule has 5 aromatic rings. The molecule has 1 saturated heterocycles. The van der Waals surface area contributed by atoms with Gasteiger partial charge in [0.1, 0.15) is 5.69 Å². The van der Waals surface area contributed by atoms with Crippen LogP contribution in [0.4, 0.5) is 0 Å². The number of carboxylic acids is 1. The molecule has 0 aliphatic carbocycles. The number of benzene rings is 3. The van der Waals surface area contributed by atoms with Crippen molar-refractivity contribution in [3.63, 3.8) is 0 Å². The number of aromatic amines is 1. The second kappa shape index (κ2) is 16.5. The lowest BCUT2D eigenvalue weighted by atomic mass is 9.98. The van der Waals surface area contributed by atoms with E-state index in [0.717, 1.165) is 43.5 Å². The molecule has 0 bridgehead atoms. The van der Waals surface area contributed by atoms with Gasteiger partial charge in [0.05, 0.1) is 35.1 Å². The molecule has 11 heteroatoms. The number of aromatic carboxylic acids is 1. The van der Waals surface area contributed by atoms with E-state index in [2.05, 4.69) is 65.5 Å². The molecule has 1 atom stereocenters. The molecule has 2 aromatic heterocycles. The number of carbonyl (C=O) groups is 1. The Bertz CT molecular complexity index is 1850. The predicted molar refractivity (Wildman–Crippen MR) is 199 cm³/mol. The number of hydrogen-bond acceptors (Lipinski definition) is 6. The Morgan fingerprint density at radius 3 is 2.38 bits per heavy atom. The summed E-state index contributed by atoms with van der Waals surface area (Å²) in [5, 5.41) is 29.2. The fourth-order valence-electron chi connectivity index (χ4n) is 7.22. The van der Waals surface area contributed by atoms with Gasteiger partial charge in [-0.2, -0.15) is 5.10 Å². The number of nitrogens with zero attached hydrogens (tertiary/aromatic N) is 2. The van der Waals surface area contributed by atoms with Crippen molar-refractivity contribution in [1.82, 2.24) is 14.8 Å². The van der Waals surface area contributed by atoms with Gasteiger partial charge < -0.3 is 29.1 Å². The molecule has 3 heterocycles. The summed E-state index contributed by atoms with van der Waals surface area (Å²) in [6.45, 7) is 3.21. The van der Waals surface area contributed by atoms with Crippen molar-refractivity contribution < 1.29 is 28.9 Å². The number of nitrogens with one attached hydrogen (secondary N) is 1. The molecule has 0 saturated carbocycles. The Morgan fingerprint density at radius 2 is 1.76 bits per heavy atom. The van der Waals surface area contributed by atoms with Crippen molar-refractivity contribution in [2.45, 2.75) is 77.4 Å². The number of unbranched alkanes of at least 4 members (excludes halogenated alkanes) is 1. The van der Waals surface area contributed by atoms with E-state index < -0.39 is 14.3 Å². The van der Waals surface area contributed by atoms with Crippen LogP contribution in [-0.4, -0.2) is 58.8 Å². The van der Waals surface area contributed by atoms with E-state index in [9.17, 15) is 15.0 Å². The number of halogens is 1. The Balaban J connectivity index is 1.32. The number of hydrogen-bond donors (Lipinski definition) is 3. The Morgan fingerprint density at radius 1 is 1.04 bits per heavy atom. The second-order valence-corrected chi connectivity index (χ2v) is 16.9. The molecule has 0 amide bonds. The minimum absolute atomic E-state index is 0.118. The lowest BCUT2D eigenvalue weighted by Gasteiger charge is -2.33. The van der Waals surface area contributed by atoms with E-state index in [4.69, 9.17) is 25.5 Å². The van der Waals surface area contributed by atoms with E-state index in [1.54, 1.807) is 17.8 Å². The third-order valence-electron chi connectivity index (χ3n) is 9.71. The minimum Gasteiger partial charge on any atom is -0.477 e. The van der Waals surface area contributed by atoms with Crippen LogP contribution in [-0.2, 0) is 40.6 Å². The van der Waals surface area contributed by atoms with Crippen LogP contribution in [0.5, 0.6) is 0 Å². The summed E-state index contributed by atoms with van der Waals surface area (Å²) in [4.78, 5) is 15.9. The number of H-pyrrole nitrogens is 1. The van der Waals surface area contributed by atoms with Crippen LogP contribution >= 0.6 is 11.6 Å². The molecular formula is C39H46ClN3O6Si. The van der Waals surface area contributed by atoms with Crippen LogP contribution in [0.1, 0.15) is 72.9 Å². The maximum atomic E-state index is 12.7. The summed E-state index contributed by atoms with van der Waals surface area (Å²) in [6.07, 6.45) is 5.74. The number of aromatic nitrogens is 3. The molecule has 264 valence electrons. The number of fused-ring (bicyclic) bond motifs is 1. The Hall–Kier alpha value is -3.77. The van der Waals surface area contributed by atoms with Gasteiger partial charge in [-0.15, -0.1) is 0 Å². The number of aryl methyl sites for hydroxylation is 2. The van der Waals surface area contributed by atoms with Gasteiger partial charge in [-0.1, -0.05) is 98.1 Å². The molecule has 6 rings (SSSR count). The Labute approximate surface area is 299 Å². The summed E-state index contributed by atoms with van der Waals surface area (Å²) in [6, 6.07) is 25.7. The fraction of sp³-hybridized carbons (Fsp3) is 0.385. The summed E-state index contributed by atoms with van der Waals surface area (Å²) >= 11 is 6.91. The monoisotopic (exact) mass is 715 g/mol. The molecule has 1 aliphatic rings. The largest absolute Gasteiger partial charge is 0.477 e. The third-order valence-corrected chi connectivity index (χ3v) is 14.3. The minimum atomic E-state index is -2.57. The molecule has 1 aliphatic heterocycles. The van der Waals surface area contributed by atoms with Gasteiger partial charge >= 0.3 is 5.97 Å². The van der Waals surface area contributed by atoms with Crippen molar-refractivity contribution in [2.75, 3.05) is 13.2 Å². The van der Waals surface area contributed by atoms with Gasteiger partial charge in [-0.05, 0) is 60.2 Å². The highest BCUT2D eigenvalue weighted by molar-refractivity contribution is 6.97. The first kappa shape index (κ1) is 36.0. The average Bonchev–Trinajstić information content (AvgIpc) is 3.68. The van der Waals surface area contributed by atoms with Crippen molar-refractivity contribution in [1.29, 1.82) is 0 Å². The summed E-state index contributed by atoms with van der Waals surface area (Å²) in [5.74, 6) is -1.05. The Kier molecular flexibility index (Phi) is 11.9. The number of ether oxygens (including phenoxy) is 2. The SMILES string of the molecule is CCCC[Si](OCCCc1c(C(=O)O)[nH]c2c(-c3c(COC4CCCCO4)nn(C)c3CO)c(Cl)ccc12)(c1ccccc1)c1ccccc1. The van der Waals surface area contributed by atoms with Crippen molar-refractivity contribution in [2.24, 2.45) is 7.05 Å². The summed E-state index contributed by atoms with van der Waals surface area (Å²) in [5.41, 5.74) is 3.77. The number of carboxylic acid groups (broad SMARTS) is 1. The number of aliphatic hydroxyl groups excluding tert-OH is 1. The quantitative estimate of drug-likeness (QED) is 0.0747. The zero-order valence-electron chi connectivity index (χ0n) is 28.8. The summed E-state index contributed by atoms with van der Waals surface area (Å²) in [7, 11) is -0.806. The average molecular weight is 716 g/mol. The standard InChI is InChI=1S/C39H46ClN3O6Si/c1-3-4-24-50(27-14-7-5-8-15-27,28-16-9-6-10-17-28)49-23-13-18-29-30-20-21-31(40)35(37(30)41-38(29)39(45)46)36-32(42-43(2)33(36)25-44)26-48-34-19-11-12-22-47-34/h5-10,14-17,20-21,34,41,44H,3-4,11-13,18-19,22-26H2,1-2H3,(H,45,46). The van der Waals surface area contributed by atoms with Crippen LogP contribution < -0.4 is 10.4 Å². The molecule has 9 nitrogen and oxygen atoms in total. The zero-order chi connectivity index (χ0) is 35.1. The van der Waals surface area contributed by atoms with Gasteiger partial charge in [0.2, 0.25) is 0 Å². The molecule has 1 fully saturated rings. The lowest BCUT2D eigenvalue weighted by Crippen LogP contribution is -2.60. The summed E-state index contributed by atoms with van der Waals surface area (Å²) < 4.78 is 20.6. The molecule has 3 aromatic carbocycles. The number of rotatable bonds is 16. The van der Waals surface area contributed by atoms with Crippen molar-refractivity contribution in [3.05, 3.63) is 100 Å². The van der Waals surface area contributed by atoms with E-state index in [1.807, 2.05) is 18.2 Å².